The predicted molar refractivity (Wildman–Crippen MR) is 31.9 cm³/mol. The molecule has 2 atom stereocenters. The zero-order valence-corrected chi connectivity index (χ0v) is 4.72. The molecule has 3 N–H and O–H groups in total. The van der Waals surface area contributed by atoms with Crippen molar-refractivity contribution in [2.45, 2.75) is 6.42 Å². The van der Waals surface area contributed by atoms with Gasteiger partial charge in [-0.2, -0.15) is 0 Å². The maximum atomic E-state index is 7.29. The van der Waals surface area contributed by atoms with E-state index in [4.69, 9.17) is 11.1 Å². The number of nitrogens with one attached hydrogen (secondary N) is 1. The van der Waals surface area contributed by atoms with E-state index in [1.165, 1.54) is 6.42 Å². The number of fused-ring (bicyclic) bond motifs is 1. The zero-order valence-electron chi connectivity index (χ0n) is 4.72. The molecule has 0 aromatic heterocycles. The summed E-state index contributed by atoms with van der Waals surface area (Å²) in [5.41, 5.74) is 6.05. The lowest BCUT2D eigenvalue weighted by molar-refractivity contribution is 0.771. The van der Waals surface area contributed by atoms with Crippen LogP contribution in [-0.4, -0.2) is 12.3 Å². The van der Waals surface area contributed by atoms with Crippen LogP contribution in [0, 0.1) is 23.2 Å². The van der Waals surface area contributed by atoms with Gasteiger partial charge in [0.1, 0.15) is 0 Å². The Hall–Kier alpha value is -0.370. The summed E-state index contributed by atoms with van der Waals surface area (Å²) in [6, 6.07) is 0. The first-order chi connectivity index (χ1) is 3.84. The molecule has 2 saturated carbocycles. The fraction of sp³-hybridized carbons (Fsp3) is 0.833. The Morgan fingerprint density at radius 1 is 1.62 bits per heavy atom. The van der Waals surface area contributed by atoms with Gasteiger partial charge in [-0.25, -0.2) is 0 Å². The Morgan fingerprint density at radius 3 is 2.38 bits per heavy atom. The van der Waals surface area contributed by atoms with Gasteiger partial charge in [-0.1, -0.05) is 0 Å². The second-order valence-corrected chi connectivity index (χ2v) is 2.82. The van der Waals surface area contributed by atoms with E-state index in [2.05, 4.69) is 0 Å². The van der Waals surface area contributed by atoms with Gasteiger partial charge in [-0.05, 0) is 18.3 Å². The van der Waals surface area contributed by atoms with Crippen LogP contribution in [-0.2, 0) is 0 Å². The molecule has 2 aliphatic carbocycles. The molecule has 0 spiro atoms. The van der Waals surface area contributed by atoms with E-state index >= 15 is 0 Å². The van der Waals surface area contributed by atoms with Crippen LogP contribution in [0.1, 0.15) is 6.42 Å². The minimum Gasteiger partial charge on any atom is -0.326 e. The average Bonchev–Trinajstić information content (AvgIpc) is 2.47. The van der Waals surface area contributed by atoms with E-state index in [0.29, 0.717) is 12.5 Å². The molecule has 0 bridgehead atoms. The molecule has 2 aliphatic rings. The maximum absolute atomic E-state index is 7.29. The molecule has 8 heavy (non-hydrogen) atoms. The van der Waals surface area contributed by atoms with Gasteiger partial charge in [0.25, 0.3) is 0 Å². The minimum atomic E-state index is 0.484. The second kappa shape index (κ2) is 1.13. The number of hydrogen-bond acceptors (Lipinski definition) is 2. The highest BCUT2D eigenvalue weighted by Gasteiger charge is 2.65. The van der Waals surface area contributed by atoms with Crippen molar-refractivity contribution in [1.29, 1.82) is 5.41 Å². The van der Waals surface area contributed by atoms with Crippen LogP contribution in [0.25, 0.3) is 0 Å². The SMILES string of the molecule is N=C(CN)C1C2CC21. The summed E-state index contributed by atoms with van der Waals surface area (Å²) in [5, 5.41) is 7.29. The average molecular weight is 110 g/mol. The summed E-state index contributed by atoms with van der Waals surface area (Å²) in [4.78, 5) is 0. The Morgan fingerprint density at radius 2 is 2.25 bits per heavy atom. The van der Waals surface area contributed by atoms with E-state index < -0.39 is 0 Å². The standard InChI is InChI=1S/C6H10N2/c7-2-5(8)6-3-1-4(3)6/h3-4,6,8H,1-2,7H2. The highest BCUT2D eigenvalue weighted by molar-refractivity contribution is 5.90. The Kier molecular flexibility index (Phi) is 0.637. The number of rotatable bonds is 2. The predicted octanol–water partition coefficient (Wildman–Crippen LogP) is 0.231. The summed E-state index contributed by atoms with van der Waals surface area (Å²) in [6.45, 7) is 0.484. The van der Waals surface area contributed by atoms with Crippen molar-refractivity contribution >= 4 is 5.71 Å². The Labute approximate surface area is 48.6 Å². The van der Waals surface area contributed by atoms with Crippen LogP contribution in [0.3, 0.4) is 0 Å². The van der Waals surface area contributed by atoms with E-state index in [0.717, 1.165) is 17.5 Å². The lowest BCUT2D eigenvalue weighted by Crippen LogP contribution is -2.17. The maximum Gasteiger partial charge on any atom is 0.0310 e. The quantitative estimate of drug-likeness (QED) is 0.491. The van der Waals surface area contributed by atoms with Crippen molar-refractivity contribution < 1.29 is 0 Å². The number of hydrogen-bond donors (Lipinski definition) is 2. The normalized spacial score (nSPS) is 47.9. The van der Waals surface area contributed by atoms with Crippen molar-refractivity contribution in [2.24, 2.45) is 23.5 Å². The van der Waals surface area contributed by atoms with E-state index in [1.807, 2.05) is 0 Å². The van der Waals surface area contributed by atoms with E-state index in [1.54, 1.807) is 0 Å². The molecule has 0 radical (unpaired) electrons. The first-order valence-corrected chi connectivity index (χ1v) is 3.12. The summed E-state index contributed by atoms with van der Waals surface area (Å²) in [6.07, 6.45) is 1.38. The molecule has 0 saturated heterocycles. The highest BCUT2D eigenvalue weighted by atomic mass is 14.8. The van der Waals surface area contributed by atoms with E-state index in [9.17, 15) is 0 Å². The van der Waals surface area contributed by atoms with Crippen LogP contribution < -0.4 is 5.73 Å². The van der Waals surface area contributed by atoms with Crippen molar-refractivity contribution in [3.05, 3.63) is 0 Å². The van der Waals surface area contributed by atoms with Crippen LogP contribution in [0.15, 0.2) is 0 Å². The highest BCUT2D eigenvalue weighted by Crippen LogP contribution is 2.68. The molecule has 44 valence electrons. The molecule has 0 aromatic carbocycles. The molecule has 0 amide bonds. The third-order valence-electron chi connectivity index (χ3n) is 2.30. The molecule has 2 rings (SSSR count). The lowest BCUT2D eigenvalue weighted by Gasteiger charge is -2.00. The summed E-state index contributed by atoms with van der Waals surface area (Å²) in [5.74, 6) is 2.46. The molecule has 2 unspecified atom stereocenters. The van der Waals surface area contributed by atoms with Gasteiger partial charge in [0.15, 0.2) is 0 Å². The van der Waals surface area contributed by atoms with Crippen LogP contribution in [0.4, 0.5) is 0 Å². The molecule has 0 aliphatic heterocycles. The third kappa shape index (κ3) is 0.388. The molecular weight excluding hydrogens is 100 g/mol. The Bertz CT molecular complexity index is 133. The van der Waals surface area contributed by atoms with Crippen molar-refractivity contribution in [2.75, 3.05) is 6.54 Å². The minimum absolute atomic E-state index is 0.484. The molecular formula is C6H10N2. The molecule has 0 heterocycles. The van der Waals surface area contributed by atoms with Crippen LogP contribution >= 0.6 is 0 Å². The number of nitrogens with two attached hydrogens (primary N) is 1. The summed E-state index contributed by atoms with van der Waals surface area (Å²) < 4.78 is 0. The van der Waals surface area contributed by atoms with Gasteiger partial charge in [-0.15, -0.1) is 0 Å². The van der Waals surface area contributed by atoms with Gasteiger partial charge in [0, 0.05) is 18.2 Å². The fourth-order valence-corrected chi connectivity index (χ4v) is 1.43. The van der Waals surface area contributed by atoms with Crippen LogP contribution in [0.5, 0.6) is 0 Å². The molecule has 0 aromatic rings. The van der Waals surface area contributed by atoms with Gasteiger partial charge < -0.3 is 11.1 Å². The van der Waals surface area contributed by atoms with Crippen molar-refractivity contribution in [3.63, 3.8) is 0 Å². The topological polar surface area (TPSA) is 49.9 Å². The lowest BCUT2D eigenvalue weighted by atomic mass is 10.1. The van der Waals surface area contributed by atoms with Gasteiger partial charge in [0.05, 0.1) is 0 Å². The third-order valence-corrected chi connectivity index (χ3v) is 2.30. The molecule has 2 heteroatoms. The first kappa shape index (κ1) is 4.50. The fourth-order valence-electron chi connectivity index (χ4n) is 1.43. The van der Waals surface area contributed by atoms with Gasteiger partial charge in [0.2, 0.25) is 0 Å². The summed E-state index contributed by atoms with van der Waals surface area (Å²) >= 11 is 0. The first-order valence-electron chi connectivity index (χ1n) is 3.12. The molecule has 2 fully saturated rings. The van der Waals surface area contributed by atoms with E-state index in [-0.39, 0.29) is 0 Å². The monoisotopic (exact) mass is 110 g/mol. The van der Waals surface area contributed by atoms with Crippen LogP contribution in [0.2, 0.25) is 0 Å². The largest absolute Gasteiger partial charge is 0.326 e. The van der Waals surface area contributed by atoms with Gasteiger partial charge >= 0.3 is 0 Å². The zero-order chi connectivity index (χ0) is 5.72. The van der Waals surface area contributed by atoms with Gasteiger partial charge in [-0.3, -0.25) is 0 Å². The van der Waals surface area contributed by atoms with Crippen molar-refractivity contribution in [1.82, 2.24) is 0 Å². The second-order valence-electron chi connectivity index (χ2n) is 2.82. The molecule has 2 nitrogen and oxygen atoms in total. The Balaban J connectivity index is 1.91. The van der Waals surface area contributed by atoms with Crippen molar-refractivity contribution in [3.8, 4) is 0 Å². The smallest absolute Gasteiger partial charge is 0.0310 e. The summed E-state index contributed by atoms with van der Waals surface area (Å²) in [7, 11) is 0.